The molecule has 254 valence electrons. The number of aromatic nitrogens is 5. The van der Waals surface area contributed by atoms with E-state index in [2.05, 4.69) is 9.80 Å². The van der Waals surface area contributed by atoms with E-state index in [4.69, 9.17) is 24.4 Å². The number of benzene rings is 2. The maximum absolute atomic E-state index is 14.4. The topological polar surface area (TPSA) is 108 Å². The highest BCUT2D eigenvalue weighted by molar-refractivity contribution is 7.27. The van der Waals surface area contributed by atoms with Crippen molar-refractivity contribution in [3.05, 3.63) is 75.3 Å². The van der Waals surface area contributed by atoms with Gasteiger partial charge < -0.3 is 19.3 Å². The lowest BCUT2D eigenvalue weighted by atomic mass is 10.1. The first-order valence-corrected chi connectivity index (χ1v) is 18.7. The number of methoxy groups -OCH3 is 2. The average molecular weight is 706 g/mol. The monoisotopic (exact) mass is 705 g/mol. The molecule has 0 bridgehead atoms. The molecule has 9 rings (SSSR count). The van der Waals surface area contributed by atoms with Gasteiger partial charge in [0.05, 0.1) is 25.6 Å². The largest absolute Gasteiger partial charge is 0.497 e. The minimum atomic E-state index is -0.121. The Labute approximate surface area is 295 Å². The fourth-order valence-corrected chi connectivity index (χ4v) is 9.36. The van der Waals surface area contributed by atoms with Crippen LogP contribution in [0.5, 0.6) is 11.5 Å². The number of hydrogen-bond acceptors (Lipinski definition) is 11. The lowest BCUT2D eigenvalue weighted by Crippen LogP contribution is -2.35. The number of ether oxygens (including phenoxy) is 2. The molecule has 7 aromatic rings. The van der Waals surface area contributed by atoms with Crippen LogP contribution in [-0.2, 0) is 0 Å². The molecule has 0 aliphatic carbocycles. The van der Waals surface area contributed by atoms with E-state index in [1.54, 1.807) is 23.4 Å². The van der Waals surface area contributed by atoms with E-state index >= 15 is 0 Å². The molecule has 0 N–H and O–H groups in total. The molecule has 50 heavy (non-hydrogen) atoms. The maximum atomic E-state index is 14.4. The van der Waals surface area contributed by atoms with Gasteiger partial charge in [-0.2, -0.15) is 0 Å². The second-order valence-electron chi connectivity index (χ2n) is 12.8. The first-order chi connectivity index (χ1) is 24.5. The van der Waals surface area contributed by atoms with Gasteiger partial charge in [0, 0.05) is 37.0 Å². The van der Waals surface area contributed by atoms with E-state index in [1.807, 2.05) is 54.6 Å². The van der Waals surface area contributed by atoms with Gasteiger partial charge >= 0.3 is 0 Å². The number of fused-ring (bicyclic) bond motifs is 6. The summed E-state index contributed by atoms with van der Waals surface area (Å²) in [6.45, 7) is 3.32. The lowest BCUT2D eigenvalue weighted by molar-refractivity contribution is 0.414. The van der Waals surface area contributed by atoms with Crippen LogP contribution in [0.4, 0.5) is 11.9 Å². The quantitative estimate of drug-likeness (QED) is 0.183. The standard InChI is InChI=1S/C37H35N7O4S2/c1-47-24-13-9-22(10-14-24)43-34(45)30-28(38-36(43)41-17-5-3-6-18-41)26-21-27-29-31(50-33(27)40-32(26)49-30)35(46)44(23-11-15-25(48-2)16-12-23)37(39-29)42-19-7-4-8-20-42/h9-16,21H,3-8,17-20H2,1-2H3. The number of pyridine rings is 1. The van der Waals surface area contributed by atoms with Crippen molar-refractivity contribution < 1.29 is 9.47 Å². The zero-order chi connectivity index (χ0) is 33.9. The van der Waals surface area contributed by atoms with Gasteiger partial charge in [-0.15, -0.1) is 22.7 Å². The molecule has 2 aliphatic rings. The van der Waals surface area contributed by atoms with Crippen LogP contribution < -0.4 is 30.4 Å². The number of nitrogens with zero attached hydrogens (tertiary/aromatic N) is 7. The molecular weight excluding hydrogens is 671 g/mol. The van der Waals surface area contributed by atoms with E-state index in [1.165, 1.54) is 22.7 Å². The van der Waals surface area contributed by atoms with E-state index < -0.39 is 0 Å². The van der Waals surface area contributed by atoms with Crippen LogP contribution in [-0.4, -0.2) is 64.5 Å². The Hall–Kier alpha value is -5.01. The third-order valence-electron chi connectivity index (χ3n) is 9.85. The normalized spacial score (nSPS) is 15.5. The number of rotatable bonds is 6. The van der Waals surface area contributed by atoms with E-state index in [0.29, 0.717) is 42.0 Å². The Morgan fingerprint density at radius 2 is 0.960 bits per heavy atom. The first-order valence-electron chi connectivity index (χ1n) is 17.1. The summed E-state index contributed by atoms with van der Waals surface area (Å²) in [7, 11) is 3.26. The highest BCUT2D eigenvalue weighted by Gasteiger charge is 2.26. The highest BCUT2D eigenvalue weighted by atomic mass is 32.1. The van der Waals surface area contributed by atoms with Crippen molar-refractivity contribution in [1.82, 2.24) is 24.1 Å². The molecule has 11 nitrogen and oxygen atoms in total. The van der Waals surface area contributed by atoms with Gasteiger partial charge in [-0.25, -0.2) is 24.1 Å². The fraction of sp³-hybridized carbons (Fsp3) is 0.324. The predicted octanol–water partition coefficient (Wildman–Crippen LogP) is 6.91. The van der Waals surface area contributed by atoms with Crippen molar-refractivity contribution in [2.75, 3.05) is 50.2 Å². The number of piperidine rings is 2. The zero-order valence-corrected chi connectivity index (χ0v) is 29.5. The summed E-state index contributed by atoms with van der Waals surface area (Å²) < 4.78 is 15.3. The summed E-state index contributed by atoms with van der Waals surface area (Å²) in [5.74, 6) is 2.72. The number of anilines is 2. The lowest BCUT2D eigenvalue weighted by Gasteiger charge is -2.29. The molecule has 0 atom stereocenters. The second kappa shape index (κ2) is 12.4. The summed E-state index contributed by atoms with van der Waals surface area (Å²) >= 11 is 2.70. The van der Waals surface area contributed by atoms with Crippen LogP contribution in [0.1, 0.15) is 38.5 Å². The molecule has 13 heteroatoms. The Morgan fingerprint density at radius 1 is 0.560 bits per heavy atom. The maximum Gasteiger partial charge on any atom is 0.277 e. The third kappa shape index (κ3) is 5.01. The van der Waals surface area contributed by atoms with Gasteiger partial charge in [0.2, 0.25) is 11.9 Å². The molecule has 2 aliphatic heterocycles. The fourth-order valence-electron chi connectivity index (χ4n) is 7.25. The van der Waals surface area contributed by atoms with Gasteiger partial charge in [0.15, 0.2) is 0 Å². The predicted molar refractivity (Wildman–Crippen MR) is 202 cm³/mol. The summed E-state index contributed by atoms with van der Waals surface area (Å²) in [4.78, 5) is 50.3. The molecule has 0 saturated carbocycles. The van der Waals surface area contributed by atoms with Crippen LogP contribution in [0.15, 0.2) is 64.2 Å². The second-order valence-corrected chi connectivity index (χ2v) is 14.8. The molecule has 0 amide bonds. The minimum absolute atomic E-state index is 0.121. The first kappa shape index (κ1) is 31.0. The molecule has 5 aromatic heterocycles. The van der Waals surface area contributed by atoms with Crippen LogP contribution in [0.3, 0.4) is 0 Å². The smallest absolute Gasteiger partial charge is 0.277 e. The number of thiophene rings is 2. The number of hydrogen-bond donors (Lipinski definition) is 0. The minimum Gasteiger partial charge on any atom is -0.497 e. The van der Waals surface area contributed by atoms with Crippen molar-refractivity contribution >= 4 is 75.4 Å². The molecular formula is C37H35N7O4S2. The van der Waals surface area contributed by atoms with Gasteiger partial charge in [-0.05, 0) is 93.1 Å². The summed E-state index contributed by atoms with van der Waals surface area (Å²) in [5.41, 5.74) is 2.51. The van der Waals surface area contributed by atoms with Crippen molar-refractivity contribution in [1.29, 1.82) is 0 Å². The van der Waals surface area contributed by atoms with Gasteiger partial charge in [-0.3, -0.25) is 9.59 Å². The van der Waals surface area contributed by atoms with E-state index in [-0.39, 0.29) is 11.1 Å². The molecule has 0 radical (unpaired) electrons. The zero-order valence-electron chi connectivity index (χ0n) is 27.8. The highest BCUT2D eigenvalue weighted by Crippen LogP contribution is 2.39. The summed E-state index contributed by atoms with van der Waals surface area (Å²) in [5, 5.41) is 1.60. The Kier molecular flexibility index (Phi) is 7.69. The van der Waals surface area contributed by atoms with Crippen molar-refractivity contribution in [2.45, 2.75) is 38.5 Å². The molecule has 0 unspecified atom stereocenters. The van der Waals surface area contributed by atoms with E-state index in [9.17, 15) is 9.59 Å². The molecule has 0 spiro atoms. The van der Waals surface area contributed by atoms with Crippen molar-refractivity contribution in [3.63, 3.8) is 0 Å². The van der Waals surface area contributed by atoms with Gasteiger partial charge in [0.1, 0.15) is 41.6 Å². The Balaban J connectivity index is 1.28. The molecule has 2 aromatic carbocycles. The Morgan fingerprint density at radius 3 is 1.34 bits per heavy atom. The van der Waals surface area contributed by atoms with Gasteiger partial charge in [0.25, 0.3) is 11.1 Å². The van der Waals surface area contributed by atoms with Crippen molar-refractivity contribution in [2.24, 2.45) is 0 Å². The van der Waals surface area contributed by atoms with Crippen LogP contribution >= 0.6 is 22.7 Å². The summed E-state index contributed by atoms with van der Waals surface area (Å²) in [6.07, 6.45) is 6.50. The van der Waals surface area contributed by atoms with Crippen LogP contribution in [0.25, 0.3) is 52.2 Å². The van der Waals surface area contributed by atoms with E-state index in [0.717, 1.165) is 98.4 Å². The summed E-state index contributed by atoms with van der Waals surface area (Å²) in [6, 6.07) is 17.1. The molecule has 7 heterocycles. The van der Waals surface area contributed by atoms with Gasteiger partial charge in [-0.1, -0.05) is 0 Å². The molecule has 2 fully saturated rings. The van der Waals surface area contributed by atoms with Crippen LogP contribution in [0, 0.1) is 0 Å². The Bertz CT molecular complexity index is 2350. The van der Waals surface area contributed by atoms with Crippen molar-refractivity contribution in [3.8, 4) is 22.9 Å². The molecule has 2 saturated heterocycles. The van der Waals surface area contributed by atoms with Crippen LogP contribution in [0.2, 0.25) is 0 Å². The third-order valence-corrected chi connectivity index (χ3v) is 12.0. The SMILES string of the molecule is COc1ccc(-n2c(N3CCCCC3)nc3c(sc4nc5sc6c(=O)n(-c7ccc(OC)cc7)c(N7CCCCC7)nc6c5cc43)c2=O)cc1. The average Bonchev–Trinajstić information content (AvgIpc) is 3.72.